The molecule has 6 heteroatoms. The predicted octanol–water partition coefficient (Wildman–Crippen LogP) is 0.490. The molecule has 1 saturated heterocycles. The van der Waals surface area contributed by atoms with Crippen LogP contribution in [-0.4, -0.2) is 32.7 Å². The van der Waals surface area contributed by atoms with Crippen LogP contribution in [0.4, 0.5) is 0 Å². The molecule has 1 atom stereocenters. The van der Waals surface area contributed by atoms with Gasteiger partial charge in [-0.15, -0.1) is 0 Å². The molecule has 0 aromatic carbocycles. The minimum Gasteiger partial charge on any atom is -0.300 e. The van der Waals surface area contributed by atoms with Crippen LogP contribution in [0.1, 0.15) is 26.2 Å². The maximum Gasteiger partial charge on any atom is 0.261 e. The van der Waals surface area contributed by atoms with Crippen molar-refractivity contribution in [1.82, 2.24) is 5.06 Å². The number of carbonyl (C=O) groups excluding carboxylic acids is 3. The molecule has 1 heterocycles. The molecule has 0 bridgehead atoms. The fourth-order valence-electron chi connectivity index (χ4n) is 1.34. The summed E-state index contributed by atoms with van der Waals surface area (Å²) in [6, 6.07) is 0. The zero-order chi connectivity index (χ0) is 11.6. The van der Waals surface area contributed by atoms with Gasteiger partial charge < -0.3 is 4.79 Å². The maximum atomic E-state index is 11.3. The van der Waals surface area contributed by atoms with E-state index in [-0.39, 0.29) is 23.7 Å². The van der Waals surface area contributed by atoms with Gasteiger partial charge in [-0.05, 0) is 13.3 Å². The minimum absolute atomic E-state index is 0.0185. The Labute approximate surface area is 92.0 Å². The summed E-state index contributed by atoms with van der Waals surface area (Å²) in [6.45, 7) is 1.43. The van der Waals surface area contributed by atoms with Gasteiger partial charge >= 0.3 is 0 Å². The van der Waals surface area contributed by atoms with Crippen LogP contribution < -0.4 is 0 Å². The predicted molar refractivity (Wildman–Crippen MR) is 54.3 cm³/mol. The normalized spacial score (nSPS) is 20.9. The van der Waals surface area contributed by atoms with Crippen molar-refractivity contribution < 1.29 is 19.6 Å². The second-order valence-electron chi connectivity index (χ2n) is 3.47. The molecule has 1 fully saturated rings. The first kappa shape index (κ1) is 11.9. The standard InChI is InChI=1S/C9H11NO4S/c1-5(11)2-3-7(15)6-4-8(12)10(14)9(6)13/h6,14H,2-4H2,1H3/t6-/m1/s1. The third kappa shape index (κ3) is 2.66. The van der Waals surface area contributed by atoms with Crippen molar-refractivity contribution in [1.29, 1.82) is 0 Å². The topological polar surface area (TPSA) is 74.7 Å². The third-order valence-corrected chi connectivity index (χ3v) is 2.72. The minimum atomic E-state index is -0.739. The molecule has 15 heavy (non-hydrogen) atoms. The lowest BCUT2D eigenvalue weighted by Crippen LogP contribution is -2.28. The Bertz CT molecular complexity index is 339. The summed E-state index contributed by atoms with van der Waals surface area (Å²) < 4.78 is 0. The molecule has 1 aliphatic rings. The van der Waals surface area contributed by atoms with Crippen LogP contribution in [0, 0.1) is 5.92 Å². The molecular formula is C9H11NO4S. The number of imide groups is 1. The van der Waals surface area contributed by atoms with Crippen molar-refractivity contribution in [3.8, 4) is 0 Å². The number of Topliss-reactive ketones (excluding diaryl/α,β-unsaturated/α-hetero) is 1. The van der Waals surface area contributed by atoms with Crippen molar-refractivity contribution in [2.45, 2.75) is 26.2 Å². The van der Waals surface area contributed by atoms with Crippen molar-refractivity contribution in [2.24, 2.45) is 5.92 Å². The first-order valence-corrected chi connectivity index (χ1v) is 4.92. The summed E-state index contributed by atoms with van der Waals surface area (Å²) in [5.74, 6) is -2.09. The number of rotatable bonds is 4. The van der Waals surface area contributed by atoms with Crippen LogP contribution in [-0.2, 0) is 14.4 Å². The highest BCUT2D eigenvalue weighted by Gasteiger charge is 2.40. The largest absolute Gasteiger partial charge is 0.300 e. The summed E-state index contributed by atoms with van der Waals surface area (Å²) in [5.41, 5.74) is 0. The lowest BCUT2D eigenvalue weighted by Gasteiger charge is -2.08. The second-order valence-corrected chi connectivity index (χ2v) is 3.99. The monoisotopic (exact) mass is 229 g/mol. The van der Waals surface area contributed by atoms with Gasteiger partial charge in [0.1, 0.15) is 5.78 Å². The lowest BCUT2D eigenvalue weighted by atomic mass is 9.99. The van der Waals surface area contributed by atoms with Gasteiger partial charge in [0.2, 0.25) is 0 Å². The van der Waals surface area contributed by atoms with Gasteiger partial charge in [-0.25, -0.2) is 0 Å². The number of ketones is 1. The average molecular weight is 229 g/mol. The van der Waals surface area contributed by atoms with E-state index in [0.717, 1.165) is 0 Å². The Morgan fingerprint density at radius 1 is 1.53 bits per heavy atom. The summed E-state index contributed by atoms with van der Waals surface area (Å²) in [4.78, 5) is 33.3. The van der Waals surface area contributed by atoms with Crippen molar-refractivity contribution in [3.63, 3.8) is 0 Å². The molecule has 82 valence electrons. The lowest BCUT2D eigenvalue weighted by molar-refractivity contribution is -0.171. The van der Waals surface area contributed by atoms with Gasteiger partial charge in [-0.2, -0.15) is 5.06 Å². The summed E-state index contributed by atoms with van der Waals surface area (Å²) >= 11 is 4.95. The zero-order valence-corrected chi connectivity index (χ0v) is 9.04. The van der Waals surface area contributed by atoms with E-state index in [1.807, 2.05) is 0 Å². The molecule has 0 aliphatic carbocycles. The van der Waals surface area contributed by atoms with E-state index in [4.69, 9.17) is 17.4 Å². The smallest absolute Gasteiger partial charge is 0.261 e. The molecule has 5 nitrogen and oxygen atoms in total. The highest BCUT2D eigenvalue weighted by atomic mass is 32.1. The molecule has 0 radical (unpaired) electrons. The number of hydroxylamine groups is 2. The molecule has 0 saturated carbocycles. The number of nitrogens with zero attached hydrogens (tertiary/aromatic N) is 1. The summed E-state index contributed by atoms with van der Waals surface area (Å²) in [6.07, 6.45) is 0.483. The molecule has 2 amide bonds. The van der Waals surface area contributed by atoms with E-state index in [1.54, 1.807) is 0 Å². The summed E-state index contributed by atoms with van der Waals surface area (Å²) in [5, 5.41) is 9.07. The highest BCUT2D eigenvalue weighted by molar-refractivity contribution is 7.80. The number of hydrogen-bond acceptors (Lipinski definition) is 5. The number of carbonyl (C=O) groups is 3. The number of thiocarbonyl (C=S) groups is 1. The van der Waals surface area contributed by atoms with Crippen molar-refractivity contribution >= 4 is 34.7 Å². The molecule has 1 rings (SSSR count). The highest BCUT2D eigenvalue weighted by Crippen LogP contribution is 2.21. The number of amides is 2. The quantitative estimate of drug-likeness (QED) is 0.431. The molecular weight excluding hydrogens is 218 g/mol. The van der Waals surface area contributed by atoms with Crippen LogP contribution in [0.5, 0.6) is 0 Å². The Balaban J connectivity index is 2.58. The Hall–Kier alpha value is -1.14. The van der Waals surface area contributed by atoms with E-state index >= 15 is 0 Å². The summed E-state index contributed by atoms with van der Waals surface area (Å²) in [7, 11) is 0. The Morgan fingerprint density at radius 2 is 2.13 bits per heavy atom. The van der Waals surface area contributed by atoms with Crippen LogP contribution in [0.3, 0.4) is 0 Å². The third-order valence-electron chi connectivity index (χ3n) is 2.23. The van der Waals surface area contributed by atoms with Crippen molar-refractivity contribution in [3.05, 3.63) is 0 Å². The Kier molecular flexibility index (Phi) is 3.65. The van der Waals surface area contributed by atoms with Crippen LogP contribution in [0.15, 0.2) is 0 Å². The van der Waals surface area contributed by atoms with Gasteiger partial charge in [0.25, 0.3) is 11.8 Å². The van der Waals surface area contributed by atoms with E-state index in [1.165, 1.54) is 6.92 Å². The van der Waals surface area contributed by atoms with E-state index in [9.17, 15) is 14.4 Å². The van der Waals surface area contributed by atoms with Crippen LogP contribution >= 0.6 is 12.2 Å². The molecule has 0 aromatic rings. The van der Waals surface area contributed by atoms with Gasteiger partial charge in [0, 0.05) is 17.7 Å². The first-order chi connectivity index (χ1) is 6.93. The van der Waals surface area contributed by atoms with Gasteiger partial charge in [-0.3, -0.25) is 14.8 Å². The maximum absolute atomic E-state index is 11.3. The first-order valence-electron chi connectivity index (χ1n) is 4.51. The van der Waals surface area contributed by atoms with Gasteiger partial charge in [0.15, 0.2) is 0 Å². The van der Waals surface area contributed by atoms with Crippen LogP contribution in [0.25, 0.3) is 0 Å². The fraction of sp³-hybridized carbons (Fsp3) is 0.556. The van der Waals surface area contributed by atoms with Gasteiger partial charge in [-0.1, -0.05) is 12.2 Å². The Morgan fingerprint density at radius 3 is 2.53 bits per heavy atom. The molecule has 1 aliphatic heterocycles. The van der Waals surface area contributed by atoms with Crippen molar-refractivity contribution in [2.75, 3.05) is 0 Å². The SMILES string of the molecule is CC(=O)CCC(=S)[C@H]1CC(=O)N(O)C1=O. The van der Waals surface area contributed by atoms with E-state index in [2.05, 4.69) is 0 Å². The zero-order valence-electron chi connectivity index (χ0n) is 8.23. The van der Waals surface area contributed by atoms with Crippen LogP contribution in [0.2, 0.25) is 0 Å². The second kappa shape index (κ2) is 4.59. The molecule has 1 N–H and O–H groups in total. The molecule has 0 spiro atoms. The van der Waals surface area contributed by atoms with E-state index in [0.29, 0.717) is 11.3 Å². The number of hydrogen-bond donors (Lipinski definition) is 1. The molecule has 0 unspecified atom stereocenters. The van der Waals surface area contributed by atoms with E-state index < -0.39 is 17.7 Å². The fourth-order valence-corrected chi connectivity index (χ4v) is 1.63. The molecule has 0 aromatic heterocycles. The average Bonchev–Trinajstić information content (AvgIpc) is 2.42. The van der Waals surface area contributed by atoms with Gasteiger partial charge in [0.05, 0.1) is 5.92 Å².